The smallest absolute Gasteiger partial charge is 0.137 e. The molecule has 0 amide bonds. The molecule has 0 aliphatic rings. The van der Waals surface area contributed by atoms with Crippen molar-refractivity contribution < 1.29 is 14.6 Å². The van der Waals surface area contributed by atoms with Gasteiger partial charge in [0.15, 0.2) is 0 Å². The molecule has 4 nitrogen and oxygen atoms in total. The summed E-state index contributed by atoms with van der Waals surface area (Å²) in [5.41, 5.74) is 1.07. The van der Waals surface area contributed by atoms with Gasteiger partial charge in [-0.2, -0.15) is 0 Å². The van der Waals surface area contributed by atoms with Crippen LogP contribution >= 0.6 is 31.9 Å². The summed E-state index contributed by atoms with van der Waals surface area (Å²) in [5, 5.41) is 11.8. The summed E-state index contributed by atoms with van der Waals surface area (Å²) in [4.78, 5) is 0. The lowest BCUT2D eigenvalue weighted by molar-refractivity contribution is 0.0938. The van der Waals surface area contributed by atoms with Crippen molar-refractivity contribution >= 4 is 31.9 Å². The predicted molar refractivity (Wildman–Crippen MR) is 78.0 cm³/mol. The van der Waals surface area contributed by atoms with Gasteiger partial charge in [-0.05, 0) is 28.1 Å². The van der Waals surface area contributed by atoms with E-state index in [1.807, 2.05) is 12.1 Å². The van der Waals surface area contributed by atoms with Crippen LogP contribution in [0.15, 0.2) is 21.1 Å². The second-order valence-electron chi connectivity index (χ2n) is 3.59. The fraction of sp³-hybridized carbons (Fsp3) is 0.500. The molecule has 1 aromatic rings. The first-order valence-corrected chi connectivity index (χ1v) is 7.19. The highest BCUT2D eigenvalue weighted by Crippen LogP contribution is 2.32. The Morgan fingerprint density at radius 3 is 2.72 bits per heavy atom. The van der Waals surface area contributed by atoms with Gasteiger partial charge in [0.2, 0.25) is 0 Å². The quantitative estimate of drug-likeness (QED) is 0.677. The van der Waals surface area contributed by atoms with Crippen molar-refractivity contribution in [2.45, 2.75) is 6.54 Å². The lowest BCUT2D eigenvalue weighted by atomic mass is 10.2. The van der Waals surface area contributed by atoms with Crippen LogP contribution in [0.25, 0.3) is 0 Å². The molecule has 0 aromatic heterocycles. The summed E-state index contributed by atoms with van der Waals surface area (Å²) in [6.07, 6.45) is 0. The van der Waals surface area contributed by atoms with Crippen molar-refractivity contribution in [3.05, 3.63) is 26.6 Å². The molecule has 0 unspecified atom stereocenters. The normalized spacial score (nSPS) is 10.7. The fourth-order valence-corrected chi connectivity index (χ4v) is 2.98. The molecule has 102 valence electrons. The predicted octanol–water partition coefficient (Wildman–Crippen LogP) is 2.32. The lowest BCUT2D eigenvalue weighted by Crippen LogP contribution is -2.20. The highest BCUT2D eigenvalue weighted by atomic mass is 79.9. The van der Waals surface area contributed by atoms with Crippen molar-refractivity contribution in [2.24, 2.45) is 0 Å². The molecule has 0 aliphatic carbocycles. The molecule has 0 fully saturated rings. The van der Waals surface area contributed by atoms with Crippen molar-refractivity contribution in [3.8, 4) is 5.75 Å². The monoisotopic (exact) mass is 381 g/mol. The fourth-order valence-electron chi connectivity index (χ4n) is 1.51. The van der Waals surface area contributed by atoms with Crippen LogP contribution in [0.4, 0.5) is 0 Å². The number of halogens is 2. The largest absolute Gasteiger partial charge is 0.495 e. The van der Waals surface area contributed by atoms with Crippen molar-refractivity contribution in [3.63, 3.8) is 0 Å². The molecule has 0 bridgehead atoms. The third-order valence-electron chi connectivity index (χ3n) is 2.26. The Morgan fingerprint density at radius 2 is 2.06 bits per heavy atom. The van der Waals surface area contributed by atoms with Crippen LogP contribution in [-0.2, 0) is 11.3 Å². The maximum absolute atomic E-state index is 8.56. The summed E-state index contributed by atoms with van der Waals surface area (Å²) < 4.78 is 12.4. The molecule has 0 heterocycles. The Kier molecular flexibility index (Phi) is 7.85. The lowest BCUT2D eigenvalue weighted by Gasteiger charge is -2.12. The van der Waals surface area contributed by atoms with Gasteiger partial charge in [-0.15, -0.1) is 0 Å². The average molecular weight is 383 g/mol. The summed E-state index contributed by atoms with van der Waals surface area (Å²) in [6, 6.07) is 3.97. The maximum atomic E-state index is 8.56. The van der Waals surface area contributed by atoms with E-state index in [4.69, 9.17) is 14.6 Å². The van der Waals surface area contributed by atoms with Crippen LogP contribution < -0.4 is 10.1 Å². The number of methoxy groups -OCH3 is 1. The van der Waals surface area contributed by atoms with Gasteiger partial charge in [0.1, 0.15) is 5.75 Å². The van der Waals surface area contributed by atoms with E-state index in [1.165, 1.54) is 0 Å². The number of rotatable bonds is 8. The second-order valence-corrected chi connectivity index (χ2v) is 5.36. The zero-order valence-electron chi connectivity index (χ0n) is 10.2. The molecule has 1 aromatic carbocycles. The highest BCUT2D eigenvalue weighted by Gasteiger charge is 2.08. The van der Waals surface area contributed by atoms with Crippen LogP contribution in [0.5, 0.6) is 5.75 Å². The number of aliphatic hydroxyl groups is 1. The zero-order valence-corrected chi connectivity index (χ0v) is 13.4. The first-order chi connectivity index (χ1) is 8.69. The Morgan fingerprint density at radius 1 is 1.28 bits per heavy atom. The summed E-state index contributed by atoms with van der Waals surface area (Å²) in [6.45, 7) is 2.45. The van der Waals surface area contributed by atoms with Crippen molar-refractivity contribution in [1.82, 2.24) is 5.32 Å². The van der Waals surface area contributed by atoms with Gasteiger partial charge in [0, 0.05) is 23.1 Å². The van der Waals surface area contributed by atoms with Gasteiger partial charge >= 0.3 is 0 Å². The molecule has 0 saturated carbocycles. The minimum absolute atomic E-state index is 0.0619. The molecule has 2 N–H and O–H groups in total. The summed E-state index contributed by atoms with van der Waals surface area (Å²) >= 11 is 6.92. The molecule has 0 spiro atoms. The van der Waals surface area contributed by atoms with Gasteiger partial charge in [0.25, 0.3) is 0 Å². The van der Waals surface area contributed by atoms with Crippen molar-refractivity contribution in [1.29, 1.82) is 0 Å². The van der Waals surface area contributed by atoms with Gasteiger partial charge in [-0.3, -0.25) is 0 Å². The molecular weight excluding hydrogens is 366 g/mol. The van der Waals surface area contributed by atoms with E-state index in [0.29, 0.717) is 19.8 Å². The van der Waals surface area contributed by atoms with Gasteiger partial charge in [0.05, 0.1) is 31.4 Å². The minimum Gasteiger partial charge on any atom is -0.495 e. The van der Waals surface area contributed by atoms with Crippen LogP contribution in [0.2, 0.25) is 0 Å². The molecular formula is C12H17Br2NO3. The van der Waals surface area contributed by atoms with E-state index in [-0.39, 0.29) is 6.61 Å². The first kappa shape index (κ1) is 15.9. The third kappa shape index (κ3) is 5.24. The minimum atomic E-state index is 0.0619. The van der Waals surface area contributed by atoms with E-state index in [9.17, 15) is 0 Å². The summed E-state index contributed by atoms with van der Waals surface area (Å²) in [7, 11) is 1.65. The van der Waals surface area contributed by atoms with Gasteiger partial charge in [-0.25, -0.2) is 0 Å². The standard InChI is InChI=1S/C12H17Br2NO3/c1-17-12-9(6-10(13)7-11(12)14)8-15-2-4-18-5-3-16/h6-7,15-16H,2-5,8H2,1H3. The SMILES string of the molecule is COc1c(Br)cc(Br)cc1CNCCOCCO. The molecule has 6 heteroatoms. The van der Waals surface area contributed by atoms with Gasteiger partial charge < -0.3 is 19.9 Å². The molecule has 0 aliphatic heterocycles. The highest BCUT2D eigenvalue weighted by molar-refractivity contribution is 9.11. The Balaban J connectivity index is 2.46. The van der Waals surface area contributed by atoms with Crippen LogP contribution in [0.1, 0.15) is 5.56 Å². The van der Waals surface area contributed by atoms with E-state index in [1.54, 1.807) is 7.11 Å². The second kappa shape index (κ2) is 8.87. The van der Waals surface area contributed by atoms with Crippen LogP contribution in [0.3, 0.4) is 0 Å². The topological polar surface area (TPSA) is 50.7 Å². The Hall–Kier alpha value is -0.140. The first-order valence-electron chi connectivity index (χ1n) is 5.60. The van der Waals surface area contributed by atoms with E-state index in [2.05, 4.69) is 37.2 Å². The number of aliphatic hydroxyl groups excluding tert-OH is 1. The van der Waals surface area contributed by atoms with Crippen LogP contribution in [0, 0.1) is 0 Å². The van der Waals surface area contributed by atoms with Gasteiger partial charge in [-0.1, -0.05) is 15.9 Å². The van der Waals surface area contributed by atoms with Crippen molar-refractivity contribution in [2.75, 3.05) is 33.5 Å². The average Bonchev–Trinajstić information content (AvgIpc) is 2.33. The molecule has 1 rings (SSSR count). The van der Waals surface area contributed by atoms with Crippen LogP contribution in [-0.4, -0.2) is 38.6 Å². The Labute approximate surface area is 124 Å². The third-order valence-corrected chi connectivity index (χ3v) is 3.31. The number of hydrogen-bond acceptors (Lipinski definition) is 4. The number of ether oxygens (including phenoxy) is 2. The van der Waals surface area contributed by atoms with E-state index in [0.717, 1.165) is 26.8 Å². The molecule has 18 heavy (non-hydrogen) atoms. The number of hydrogen-bond donors (Lipinski definition) is 2. The number of benzene rings is 1. The Bertz CT molecular complexity index is 375. The van der Waals surface area contributed by atoms with E-state index >= 15 is 0 Å². The zero-order chi connectivity index (χ0) is 13.4. The molecule has 0 saturated heterocycles. The molecule has 0 atom stereocenters. The van der Waals surface area contributed by atoms with E-state index < -0.39 is 0 Å². The maximum Gasteiger partial charge on any atom is 0.137 e. The summed E-state index contributed by atoms with van der Waals surface area (Å²) in [5.74, 6) is 0.835. The molecule has 0 radical (unpaired) electrons. The number of nitrogens with one attached hydrogen (secondary N) is 1.